The summed E-state index contributed by atoms with van der Waals surface area (Å²) in [4.78, 5) is 0. The summed E-state index contributed by atoms with van der Waals surface area (Å²) in [6, 6.07) is 0. The van der Waals surface area contributed by atoms with Gasteiger partial charge in [-0.3, -0.25) is 0 Å². The fourth-order valence-corrected chi connectivity index (χ4v) is 4.13. The van der Waals surface area contributed by atoms with Gasteiger partial charge < -0.3 is 4.74 Å². The second-order valence-corrected chi connectivity index (χ2v) is 7.44. The lowest BCUT2D eigenvalue weighted by atomic mass is 9.73. The third-order valence-corrected chi connectivity index (χ3v) is 4.94. The van der Waals surface area contributed by atoms with E-state index in [1.807, 2.05) is 0 Å². The fourth-order valence-electron chi connectivity index (χ4n) is 4.13. The van der Waals surface area contributed by atoms with Crippen molar-refractivity contribution in [2.24, 2.45) is 0 Å². The Morgan fingerprint density at radius 1 is 1.00 bits per heavy atom. The molecule has 0 aromatic heterocycles. The summed E-state index contributed by atoms with van der Waals surface area (Å²) < 4.78 is 6.07. The van der Waals surface area contributed by atoms with Gasteiger partial charge in [0.2, 0.25) is 0 Å². The quantitative estimate of drug-likeness (QED) is 0.614. The summed E-state index contributed by atoms with van der Waals surface area (Å²) in [6.07, 6.45) is 1.24. The van der Waals surface area contributed by atoms with Crippen LogP contribution in [0.4, 0.5) is 0 Å². The highest BCUT2D eigenvalue weighted by atomic mass is 16.5. The number of allylic oxidation sites excluding steroid dienone is 2. The Bertz CT molecular complexity index is 612. The minimum absolute atomic E-state index is 0.154. The molecule has 1 aliphatic rings. The summed E-state index contributed by atoms with van der Waals surface area (Å²) in [5.41, 5.74) is 10.2. The van der Waals surface area contributed by atoms with Crippen molar-refractivity contribution < 1.29 is 4.74 Å². The van der Waals surface area contributed by atoms with Crippen LogP contribution >= 0.6 is 0 Å². The third kappa shape index (κ3) is 2.41. The number of benzene rings is 1. The molecule has 0 amide bonds. The van der Waals surface area contributed by atoms with Gasteiger partial charge in [0, 0.05) is 5.56 Å². The number of hydrogen-bond donors (Lipinski definition) is 0. The highest BCUT2D eigenvalue weighted by Gasteiger charge is 2.31. The van der Waals surface area contributed by atoms with Crippen LogP contribution in [0.3, 0.4) is 0 Å². The third-order valence-electron chi connectivity index (χ3n) is 4.94. The van der Waals surface area contributed by atoms with Gasteiger partial charge in [-0.05, 0) is 79.8 Å². The molecule has 1 unspecified atom stereocenters. The summed E-state index contributed by atoms with van der Waals surface area (Å²) in [6.45, 7) is 20.3. The van der Waals surface area contributed by atoms with Crippen molar-refractivity contribution in [1.29, 1.82) is 0 Å². The van der Waals surface area contributed by atoms with Crippen LogP contribution in [0.25, 0.3) is 5.57 Å². The maximum Gasteiger partial charge on any atom is 0.121 e. The van der Waals surface area contributed by atoms with E-state index < -0.39 is 0 Å². The maximum absolute atomic E-state index is 6.07. The predicted octanol–water partition coefficient (Wildman–Crippen LogP) is 6.01. The SMILES string of the molecule is CCc1c(C)c2c(c(C)c1C(C)(C)C)C(C)=C(C)OC2C. The largest absolute Gasteiger partial charge is 0.490 e. The van der Waals surface area contributed by atoms with Gasteiger partial charge in [0.05, 0.1) is 5.76 Å². The van der Waals surface area contributed by atoms with E-state index in [0.29, 0.717) is 0 Å². The Hall–Kier alpha value is -1.24. The van der Waals surface area contributed by atoms with Crippen LogP contribution in [0, 0.1) is 13.8 Å². The molecule has 1 heteroatoms. The molecule has 2 rings (SSSR count). The van der Waals surface area contributed by atoms with Gasteiger partial charge in [0.1, 0.15) is 6.10 Å². The van der Waals surface area contributed by atoms with Crippen LogP contribution in [0.2, 0.25) is 0 Å². The summed E-state index contributed by atoms with van der Waals surface area (Å²) in [5, 5.41) is 0. The molecule has 21 heavy (non-hydrogen) atoms. The van der Waals surface area contributed by atoms with Crippen LogP contribution < -0.4 is 0 Å². The van der Waals surface area contributed by atoms with E-state index in [1.54, 1.807) is 0 Å². The molecular weight excluding hydrogens is 256 g/mol. The molecule has 0 N–H and O–H groups in total. The second kappa shape index (κ2) is 5.19. The van der Waals surface area contributed by atoms with Crippen molar-refractivity contribution in [2.75, 3.05) is 0 Å². The Morgan fingerprint density at radius 3 is 2.05 bits per heavy atom. The molecule has 0 aliphatic carbocycles. The van der Waals surface area contributed by atoms with E-state index in [0.717, 1.165) is 12.2 Å². The van der Waals surface area contributed by atoms with Crippen molar-refractivity contribution in [1.82, 2.24) is 0 Å². The van der Waals surface area contributed by atoms with Crippen LogP contribution in [0.1, 0.15) is 88.0 Å². The number of fused-ring (bicyclic) bond motifs is 1. The minimum Gasteiger partial charge on any atom is -0.490 e. The van der Waals surface area contributed by atoms with Gasteiger partial charge >= 0.3 is 0 Å². The first-order valence-electron chi connectivity index (χ1n) is 8.12. The van der Waals surface area contributed by atoms with Gasteiger partial charge in [-0.25, -0.2) is 0 Å². The van der Waals surface area contributed by atoms with Crippen LogP contribution in [0.5, 0.6) is 0 Å². The first-order chi connectivity index (χ1) is 9.61. The van der Waals surface area contributed by atoms with Crippen molar-refractivity contribution in [3.63, 3.8) is 0 Å². The van der Waals surface area contributed by atoms with Crippen molar-refractivity contribution in [2.45, 2.75) is 80.3 Å². The molecule has 1 atom stereocenters. The zero-order valence-electron chi connectivity index (χ0n) is 15.2. The lowest BCUT2D eigenvalue weighted by Crippen LogP contribution is -2.22. The maximum atomic E-state index is 6.07. The molecule has 1 aliphatic heterocycles. The summed E-state index contributed by atoms with van der Waals surface area (Å²) >= 11 is 0. The van der Waals surface area contributed by atoms with E-state index in [4.69, 9.17) is 4.74 Å². The smallest absolute Gasteiger partial charge is 0.121 e. The molecule has 0 bridgehead atoms. The summed E-state index contributed by atoms with van der Waals surface area (Å²) in [5.74, 6) is 1.07. The predicted molar refractivity (Wildman–Crippen MR) is 91.8 cm³/mol. The molecular formula is C20H30O. The van der Waals surface area contributed by atoms with E-state index in [2.05, 4.69) is 62.3 Å². The lowest BCUT2D eigenvalue weighted by molar-refractivity contribution is 0.130. The zero-order valence-corrected chi connectivity index (χ0v) is 15.2. The molecule has 0 saturated heterocycles. The van der Waals surface area contributed by atoms with Gasteiger partial charge in [-0.1, -0.05) is 27.7 Å². The lowest BCUT2D eigenvalue weighted by Gasteiger charge is -2.35. The Balaban J connectivity index is 2.96. The van der Waals surface area contributed by atoms with E-state index >= 15 is 0 Å². The van der Waals surface area contributed by atoms with Crippen LogP contribution in [-0.2, 0) is 16.6 Å². The van der Waals surface area contributed by atoms with Gasteiger partial charge in [-0.15, -0.1) is 0 Å². The zero-order chi connectivity index (χ0) is 16.1. The average Bonchev–Trinajstić information content (AvgIpc) is 2.36. The van der Waals surface area contributed by atoms with Crippen molar-refractivity contribution in [3.05, 3.63) is 39.1 Å². The Labute approximate surface area is 130 Å². The monoisotopic (exact) mass is 286 g/mol. The Morgan fingerprint density at radius 2 is 1.57 bits per heavy atom. The molecule has 1 aromatic rings. The summed E-state index contributed by atoms with van der Waals surface area (Å²) in [7, 11) is 0. The normalized spacial score (nSPS) is 18.6. The average molecular weight is 286 g/mol. The molecule has 0 spiro atoms. The number of rotatable bonds is 1. The number of ether oxygens (including phenoxy) is 1. The first kappa shape index (κ1) is 16.1. The first-order valence-corrected chi connectivity index (χ1v) is 8.12. The van der Waals surface area contributed by atoms with Gasteiger partial charge in [0.15, 0.2) is 0 Å². The highest BCUT2D eigenvalue weighted by molar-refractivity contribution is 5.76. The Kier molecular flexibility index (Phi) is 3.99. The highest BCUT2D eigenvalue weighted by Crippen LogP contribution is 2.45. The van der Waals surface area contributed by atoms with E-state index in [1.165, 1.54) is 39.0 Å². The van der Waals surface area contributed by atoms with Crippen LogP contribution in [-0.4, -0.2) is 0 Å². The molecule has 0 fully saturated rings. The standard InChI is InChI=1S/C20H30O/c1-10-16-12(3)18-15(6)21-14(5)11(2)17(18)13(4)19(16)20(7,8)9/h15H,10H2,1-9H3. The van der Waals surface area contributed by atoms with Crippen molar-refractivity contribution >= 4 is 5.57 Å². The van der Waals surface area contributed by atoms with E-state index in [-0.39, 0.29) is 11.5 Å². The second-order valence-electron chi connectivity index (χ2n) is 7.44. The molecule has 116 valence electrons. The molecule has 1 aromatic carbocycles. The molecule has 1 heterocycles. The fraction of sp³-hybridized carbons (Fsp3) is 0.600. The molecule has 0 radical (unpaired) electrons. The number of hydrogen-bond acceptors (Lipinski definition) is 1. The van der Waals surface area contributed by atoms with Crippen LogP contribution in [0.15, 0.2) is 5.76 Å². The van der Waals surface area contributed by atoms with Gasteiger partial charge in [-0.2, -0.15) is 0 Å². The topological polar surface area (TPSA) is 9.23 Å². The molecule has 1 nitrogen and oxygen atoms in total. The minimum atomic E-state index is 0.154. The van der Waals surface area contributed by atoms with Gasteiger partial charge in [0.25, 0.3) is 0 Å². The van der Waals surface area contributed by atoms with E-state index in [9.17, 15) is 0 Å². The molecule has 0 saturated carbocycles. The van der Waals surface area contributed by atoms with Crippen molar-refractivity contribution in [3.8, 4) is 0 Å².